The highest BCUT2D eigenvalue weighted by Crippen LogP contribution is 2.10. The first-order valence-corrected chi connectivity index (χ1v) is 6.22. The molecule has 2 heteroatoms. The minimum Gasteiger partial charge on any atom is -0.381 e. The Morgan fingerprint density at radius 2 is 2.07 bits per heavy atom. The summed E-state index contributed by atoms with van der Waals surface area (Å²) < 4.78 is 5.33. The van der Waals surface area contributed by atoms with Gasteiger partial charge < -0.3 is 10.1 Å². The predicted octanol–water partition coefficient (Wildman–Crippen LogP) is 2.58. The molecule has 1 unspecified atom stereocenters. The number of ether oxygens (including phenoxy) is 1. The van der Waals surface area contributed by atoms with Gasteiger partial charge in [0.2, 0.25) is 0 Å². The van der Waals surface area contributed by atoms with Crippen molar-refractivity contribution in [2.75, 3.05) is 26.3 Å². The van der Waals surface area contributed by atoms with E-state index in [0.29, 0.717) is 0 Å². The fraction of sp³-hybridized carbons (Fsp3) is 1.00. The van der Waals surface area contributed by atoms with Crippen LogP contribution in [-0.2, 0) is 4.74 Å². The van der Waals surface area contributed by atoms with Gasteiger partial charge in [0.25, 0.3) is 0 Å². The molecule has 0 aromatic heterocycles. The van der Waals surface area contributed by atoms with Crippen LogP contribution in [0.4, 0.5) is 0 Å². The van der Waals surface area contributed by atoms with Crippen LogP contribution >= 0.6 is 0 Å². The summed E-state index contributed by atoms with van der Waals surface area (Å²) in [6.07, 6.45) is 8.13. The lowest BCUT2D eigenvalue weighted by Gasteiger charge is -2.08. The molecule has 1 atom stereocenters. The maximum Gasteiger partial charge on any atom is 0.0507 e. The lowest BCUT2D eigenvalue weighted by Crippen LogP contribution is -2.23. The second kappa shape index (κ2) is 8.25. The summed E-state index contributed by atoms with van der Waals surface area (Å²) in [6.45, 7) is 6.57. The van der Waals surface area contributed by atoms with E-state index in [-0.39, 0.29) is 0 Å². The van der Waals surface area contributed by atoms with Gasteiger partial charge in [0.15, 0.2) is 0 Å². The zero-order chi connectivity index (χ0) is 10.1. The molecule has 1 saturated heterocycles. The van der Waals surface area contributed by atoms with E-state index in [1.54, 1.807) is 0 Å². The van der Waals surface area contributed by atoms with E-state index in [4.69, 9.17) is 4.74 Å². The van der Waals surface area contributed by atoms with Gasteiger partial charge in [-0.1, -0.05) is 32.6 Å². The van der Waals surface area contributed by atoms with Crippen molar-refractivity contribution in [3.05, 3.63) is 0 Å². The van der Waals surface area contributed by atoms with Crippen LogP contribution in [0.15, 0.2) is 0 Å². The molecular weight excluding hydrogens is 174 g/mol. The zero-order valence-electron chi connectivity index (χ0n) is 9.56. The minimum absolute atomic E-state index is 0.783. The van der Waals surface area contributed by atoms with Crippen molar-refractivity contribution in [1.82, 2.24) is 5.32 Å². The highest BCUT2D eigenvalue weighted by molar-refractivity contribution is 4.66. The van der Waals surface area contributed by atoms with Gasteiger partial charge in [0.1, 0.15) is 0 Å². The molecule has 1 heterocycles. The van der Waals surface area contributed by atoms with E-state index in [9.17, 15) is 0 Å². The molecule has 0 amide bonds. The van der Waals surface area contributed by atoms with E-state index < -0.39 is 0 Å². The number of unbranched alkanes of at least 4 members (excludes halogenated alkanes) is 4. The van der Waals surface area contributed by atoms with Gasteiger partial charge in [0, 0.05) is 13.2 Å². The summed E-state index contributed by atoms with van der Waals surface area (Å²) in [5.74, 6) is 0.783. The number of rotatable bonds is 8. The van der Waals surface area contributed by atoms with Crippen molar-refractivity contribution in [2.45, 2.75) is 45.4 Å². The first-order valence-electron chi connectivity index (χ1n) is 6.22. The first kappa shape index (κ1) is 12.0. The molecule has 1 aliphatic heterocycles. The Hall–Kier alpha value is -0.0800. The van der Waals surface area contributed by atoms with Crippen molar-refractivity contribution in [1.29, 1.82) is 0 Å². The molecular formula is C12H25NO. The van der Waals surface area contributed by atoms with Crippen LogP contribution in [0.1, 0.15) is 45.4 Å². The summed E-state index contributed by atoms with van der Waals surface area (Å²) >= 11 is 0. The highest BCUT2D eigenvalue weighted by atomic mass is 16.5. The SMILES string of the molecule is CCCCCCCNCC1CCOC1. The molecule has 0 aromatic rings. The average Bonchev–Trinajstić information content (AvgIpc) is 2.69. The van der Waals surface area contributed by atoms with Gasteiger partial charge >= 0.3 is 0 Å². The molecule has 0 saturated carbocycles. The Bertz CT molecular complexity index is 121. The van der Waals surface area contributed by atoms with E-state index in [2.05, 4.69) is 12.2 Å². The molecule has 1 rings (SSSR count). The molecule has 2 nitrogen and oxygen atoms in total. The molecule has 0 aromatic carbocycles. The van der Waals surface area contributed by atoms with E-state index in [1.165, 1.54) is 45.1 Å². The summed E-state index contributed by atoms with van der Waals surface area (Å²) in [4.78, 5) is 0. The third-order valence-electron chi connectivity index (χ3n) is 2.91. The van der Waals surface area contributed by atoms with Crippen LogP contribution in [0, 0.1) is 5.92 Å². The van der Waals surface area contributed by atoms with E-state index in [0.717, 1.165) is 25.7 Å². The summed E-state index contributed by atoms with van der Waals surface area (Å²) in [6, 6.07) is 0. The Morgan fingerprint density at radius 1 is 1.21 bits per heavy atom. The normalized spacial score (nSPS) is 21.6. The van der Waals surface area contributed by atoms with Gasteiger partial charge in [0.05, 0.1) is 6.61 Å². The predicted molar refractivity (Wildman–Crippen MR) is 60.6 cm³/mol. The number of nitrogens with one attached hydrogen (secondary N) is 1. The quantitative estimate of drug-likeness (QED) is 0.607. The molecule has 0 aliphatic carbocycles. The molecule has 0 radical (unpaired) electrons. The maximum atomic E-state index is 5.33. The van der Waals surface area contributed by atoms with Crippen LogP contribution in [0.3, 0.4) is 0 Å². The minimum atomic E-state index is 0.783. The Balaban J connectivity index is 1.75. The number of hydrogen-bond acceptors (Lipinski definition) is 2. The fourth-order valence-electron chi connectivity index (χ4n) is 1.90. The van der Waals surface area contributed by atoms with Crippen molar-refractivity contribution in [3.8, 4) is 0 Å². The van der Waals surface area contributed by atoms with Crippen molar-refractivity contribution < 1.29 is 4.74 Å². The Kier molecular flexibility index (Phi) is 7.06. The topological polar surface area (TPSA) is 21.3 Å². The van der Waals surface area contributed by atoms with Gasteiger partial charge in [-0.15, -0.1) is 0 Å². The average molecular weight is 199 g/mol. The van der Waals surface area contributed by atoms with Crippen LogP contribution < -0.4 is 5.32 Å². The highest BCUT2D eigenvalue weighted by Gasteiger charge is 2.14. The zero-order valence-corrected chi connectivity index (χ0v) is 9.56. The first-order chi connectivity index (χ1) is 6.93. The lowest BCUT2D eigenvalue weighted by atomic mass is 10.1. The number of hydrogen-bond donors (Lipinski definition) is 1. The van der Waals surface area contributed by atoms with Gasteiger partial charge in [-0.2, -0.15) is 0 Å². The van der Waals surface area contributed by atoms with E-state index >= 15 is 0 Å². The molecule has 1 aliphatic rings. The molecule has 84 valence electrons. The molecule has 1 fully saturated rings. The van der Waals surface area contributed by atoms with Gasteiger partial charge in [-0.05, 0) is 25.3 Å². The molecule has 14 heavy (non-hydrogen) atoms. The van der Waals surface area contributed by atoms with Crippen molar-refractivity contribution >= 4 is 0 Å². The third kappa shape index (κ3) is 5.61. The van der Waals surface area contributed by atoms with Gasteiger partial charge in [-0.25, -0.2) is 0 Å². The third-order valence-corrected chi connectivity index (χ3v) is 2.91. The Labute approximate surface area is 88.4 Å². The molecule has 0 spiro atoms. The second-order valence-corrected chi connectivity index (χ2v) is 4.35. The fourth-order valence-corrected chi connectivity index (χ4v) is 1.90. The largest absolute Gasteiger partial charge is 0.381 e. The summed E-state index contributed by atoms with van der Waals surface area (Å²) in [7, 11) is 0. The Morgan fingerprint density at radius 3 is 2.79 bits per heavy atom. The van der Waals surface area contributed by atoms with Crippen LogP contribution in [0.25, 0.3) is 0 Å². The standard InChI is InChI=1S/C12H25NO/c1-2-3-4-5-6-8-13-10-12-7-9-14-11-12/h12-13H,2-11H2,1H3. The summed E-state index contributed by atoms with van der Waals surface area (Å²) in [5, 5.41) is 3.52. The second-order valence-electron chi connectivity index (χ2n) is 4.35. The monoisotopic (exact) mass is 199 g/mol. The van der Waals surface area contributed by atoms with Crippen LogP contribution in [-0.4, -0.2) is 26.3 Å². The van der Waals surface area contributed by atoms with Crippen molar-refractivity contribution in [2.24, 2.45) is 5.92 Å². The molecule has 0 bridgehead atoms. The van der Waals surface area contributed by atoms with Gasteiger partial charge in [-0.3, -0.25) is 0 Å². The van der Waals surface area contributed by atoms with Crippen LogP contribution in [0.2, 0.25) is 0 Å². The van der Waals surface area contributed by atoms with E-state index in [1.807, 2.05) is 0 Å². The van der Waals surface area contributed by atoms with Crippen molar-refractivity contribution in [3.63, 3.8) is 0 Å². The molecule has 1 N–H and O–H groups in total. The smallest absolute Gasteiger partial charge is 0.0507 e. The van der Waals surface area contributed by atoms with Crippen LogP contribution in [0.5, 0.6) is 0 Å². The lowest BCUT2D eigenvalue weighted by molar-refractivity contribution is 0.185. The maximum absolute atomic E-state index is 5.33. The summed E-state index contributed by atoms with van der Waals surface area (Å²) in [5.41, 5.74) is 0.